The number of amides is 1. The molecule has 1 aliphatic carbocycles. The summed E-state index contributed by atoms with van der Waals surface area (Å²) in [6.07, 6.45) is 1.62. The van der Waals surface area contributed by atoms with Crippen molar-refractivity contribution in [1.29, 1.82) is 0 Å². The molecule has 0 bridgehead atoms. The second-order valence-corrected chi connectivity index (χ2v) is 8.27. The van der Waals surface area contributed by atoms with Crippen LogP contribution in [0.15, 0.2) is 60.7 Å². The molecule has 1 heterocycles. The average molecular weight is 413 g/mol. The molecule has 1 saturated carbocycles. The van der Waals surface area contributed by atoms with Gasteiger partial charge in [0.1, 0.15) is 0 Å². The highest BCUT2D eigenvalue weighted by Crippen LogP contribution is 2.51. The second-order valence-electron chi connectivity index (χ2n) is 8.27. The fourth-order valence-electron chi connectivity index (χ4n) is 4.11. The lowest BCUT2D eigenvalue weighted by molar-refractivity contribution is -0.118. The zero-order valence-corrected chi connectivity index (χ0v) is 17.5. The summed E-state index contributed by atoms with van der Waals surface area (Å²) >= 11 is 0. The van der Waals surface area contributed by atoms with E-state index in [2.05, 4.69) is 5.32 Å². The molecule has 3 aromatic rings. The van der Waals surface area contributed by atoms with Crippen LogP contribution in [0.25, 0.3) is 11.1 Å². The van der Waals surface area contributed by atoms with E-state index < -0.39 is 5.41 Å². The molecular formula is C26H23NO4. The summed E-state index contributed by atoms with van der Waals surface area (Å²) in [7, 11) is 0. The minimum atomic E-state index is -0.519. The molecule has 0 spiro atoms. The van der Waals surface area contributed by atoms with E-state index in [1.54, 1.807) is 6.92 Å². The molecule has 5 heteroatoms. The first-order chi connectivity index (χ1) is 15.0. The topological polar surface area (TPSA) is 64.6 Å². The molecule has 2 aliphatic rings. The van der Waals surface area contributed by atoms with E-state index in [4.69, 9.17) is 9.47 Å². The van der Waals surface area contributed by atoms with Gasteiger partial charge in [-0.1, -0.05) is 36.4 Å². The van der Waals surface area contributed by atoms with Crippen molar-refractivity contribution in [3.63, 3.8) is 0 Å². The largest absolute Gasteiger partial charge is 0.454 e. The van der Waals surface area contributed by atoms with Crippen molar-refractivity contribution >= 4 is 17.4 Å². The van der Waals surface area contributed by atoms with Gasteiger partial charge in [0.15, 0.2) is 17.3 Å². The van der Waals surface area contributed by atoms with Gasteiger partial charge in [-0.05, 0) is 73.2 Å². The van der Waals surface area contributed by atoms with Crippen LogP contribution in [0, 0.1) is 6.92 Å². The van der Waals surface area contributed by atoms with Crippen molar-refractivity contribution in [2.75, 3.05) is 12.1 Å². The number of Topliss-reactive ketones (excluding diaryl/α,β-unsaturated/α-hetero) is 1. The average Bonchev–Trinajstić information content (AvgIpc) is 3.46. The molecule has 1 amide bonds. The zero-order chi connectivity index (χ0) is 21.6. The number of hydrogen-bond donors (Lipinski definition) is 1. The normalized spacial score (nSPS) is 15.4. The molecule has 5 rings (SSSR count). The smallest absolute Gasteiger partial charge is 0.235 e. The monoisotopic (exact) mass is 413 g/mol. The Morgan fingerprint density at radius 3 is 2.35 bits per heavy atom. The van der Waals surface area contributed by atoms with E-state index in [1.165, 1.54) is 0 Å². The van der Waals surface area contributed by atoms with Crippen molar-refractivity contribution in [1.82, 2.24) is 0 Å². The summed E-state index contributed by atoms with van der Waals surface area (Å²) in [5.41, 5.74) is 5.02. The van der Waals surface area contributed by atoms with Crippen molar-refractivity contribution in [2.45, 2.75) is 32.1 Å². The molecule has 5 nitrogen and oxygen atoms in total. The number of anilines is 1. The maximum absolute atomic E-state index is 13.2. The maximum Gasteiger partial charge on any atom is 0.235 e. The van der Waals surface area contributed by atoms with Crippen LogP contribution in [0.5, 0.6) is 11.5 Å². The summed E-state index contributed by atoms with van der Waals surface area (Å²) < 4.78 is 10.9. The molecule has 0 unspecified atom stereocenters. The van der Waals surface area contributed by atoms with E-state index in [0.717, 1.165) is 46.5 Å². The number of nitrogens with one attached hydrogen (secondary N) is 1. The molecule has 0 radical (unpaired) electrons. The Bertz CT molecular complexity index is 1190. The van der Waals surface area contributed by atoms with Crippen molar-refractivity contribution in [3.8, 4) is 22.6 Å². The number of ether oxygens (including phenoxy) is 2. The summed E-state index contributed by atoms with van der Waals surface area (Å²) in [5.74, 6) is 1.46. The molecule has 0 aromatic heterocycles. The first-order valence-corrected chi connectivity index (χ1v) is 10.4. The Morgan fingerprint density at radius 1 is 0.903 bits per heavy atom. The molecule has 31 heavy (non-hydrogen) atoms. The molecule has 0 atom stereocenters. The highest BCUT2D eigenvalue weighted by molar-refractivity contribution is 6.02. The number of fused-ring (bicyclic) bond motifs is 1. The van der Waals surface area contributed by atoms with E-state index in [-0.39, 0.29) is 18.5 Å². The molecule has 1 aliphatic heterocycles. The number of ketones is 1. The Hall–Kier alpha value is -3.60. The third-order valence-corrected chi connectivity index (χ3v) is 6.21. The third kappa shape index (κ3) is 3.46. The molecule has 156 valence electrons. The van der Waals surface area contributed by atoms with Gasteiger partial charge < -0.3 is 14.8 Å². The SMILES string of the molecule is CC(=O)c1ccc(-c2cc(NC(=O)C3(c4ccc5c(c4)OCO5)CC3)ccc2C)cc1. The number of aryl methyl sites for hydroxylation is 1. The molecule has 3 aromatic carbocycles. The summed E-state index contributed by atoms with van der Waals surface area (Å²) in [6, 6.07) is 19.2. The van der Waals surface area contributed by atoms with Crippen LogP contribution < -0.4 is 14.8 Å². The number of rotatable bonds is 5. The van der Waals surface area contributed by atoms with Crippen LogP contribution in [0.2, 0.25) is 0 Å². The number of carbonyl (C=O) groups is 2. The van der Waals surface area contributed by atoms with Crippen LogP contribution in [-0.2, 0) is 10.2 Å². The molecule has 1 N–H and O–H groups in total. The van der Waals surface area contributed by atoms with Crippen LogP contribution in [0.3, 0.4) is 0 Å². The van der Waals surface area contributed by atoms with E-state index >= 15 is 0 Å². The fourth-order valence-corrected chi connectivity index (χ4v) is 4.11. The van der Waals surface area contributed by atoms with Crippen molar-refractivity contribution in [3.05, 3.63) is 77.4 Å². The summed E-state index contributed by atoms with van der Waals surface area (Å²) in [4.78, 5) is 24.8. The highest BCUT2D eigenvalue weighted by Gasteiger charge is 2.51. The minimum Gasteiger partial charge on any atom is -0.454 e. The zero-order valence-electron chi connectivity index (χ0n) is 17.5. The van der Waals surface area contributed by atoms with Gasteiger partial charge in [0, 0.05) is 11.3 Å². The van der Waals surface area contributed by atoms with Crippen molar-refractivity contribution in [2.24, 2.45) is 0 Å². The van der Waals surface area contributed by atoms with Gasteiger partial charge in [-0.15, -0.1) is 0 Å². The third-order valence-electron chi connectivity index (χ3n) is 6.21. The number of benzene rings is 3. The number of hydrogen-bond acceptors (Lipinski definition) is 4. The standard InChI is InChI=1S/C26H23NO4/c1-16-3-9-21(14-22(16)19-6-4-18(5-7-19)17(2)28)27-25(29)26(11-12-26)20-8-10-23-24(13-20)31-15-30-23/h3-10,13-14H,11-12,15H2,1-2H3,(H,27,29). The van der Waals surface area contributed by atoms with Crippen molar-refractivity contribution < 1.29 is 19.1 Å². The van der Waals surface area contributed by atoms with Crippen LogP contribution in [-0.4, -0.2) is 18.5 Å². The Kier molecular flexibility index (Phi) is 4.54. The second kappa shape index (κ2) is 7.27. The van der Waals surface area contributed by atoms with Gasteiger partial charge in [0.2, 0.25) is 12.7 Å². The first kappa shape index (κ1) is 19.4. The first-order valence-electron chi connectivity index (χ1n) is 10.4. The van der Waals surface area contributed by atoms with E-state index in [9.17, 15) is 9.59 Å². The molecule has 1 fully saturated rings. The lowest BCUT2D eigenvalue weighted by Gasteiger charge is -2.17. The fraction of sp³-hybridized carbons (Fsp3) is 0.231. The maximum atomic E-state index is 13.2. The van der Waals surface area contributed by atoms with Gasteiger partial charge in [0.25, 0.3) is 0 Å². The minimum absolute atomic E-state index is 0.00639. The predicted molar refractivity (Wildman–Crippen MR) is 119 cm³/mol. The molecule has 0 saturated heterocycles. The summed E-state index contributed by atoms with van der Waals surface area (Å²) in [6.45, 7) is 3.82. The Balaban J connectivity index is 1.39. The number of carbonyl (C=O) groups excluding carboxylic acids is 2. The van der Waals surface area contributed by atoms with E-state index in [1.807, 2.05) is 67.6 Å². The van der Waals surface area contributed by atoms with Gasteiger partial charge >= 0.3 is 0 Å². The quantitative estimate of drug-likeness (QED) is 0.579. The lowest BCUT2D eigenvalue weighted by Crippen LogP contribution is -2.27. The predicted octanol–water partition coefficient (Wildman–Crippen LogP) is 5.26. The van der Waals surface area contributed by atoms with E-state index in [0.29, 0.717) is 11.3 Å². The molecular weight excluding hydrogens is 390 g/mol. The van der Waals surface area contributed by atoms with Crippen LogP contribution >= 0.6 is 0 Å². The highest BCUT2D eigenvalue weighted by atomic mass is 16.7. The van der Waals surface area contributed by atoms with Gasteiger partial charge in [-0.2, -0.15) is 0 Å². The van der Waals surface area contributed by atoms with Gasteiger partial charge in [0.05, 0.1) is 5.41 Å². The van der Waals surface area contributed by atoms with Gasteiger partial charge in [-0.25, -0.2) is 0 Å². The van der Waals surface area contributed by atoms with Gasteiger partial charge in [-0.3, -0.25) is 9.59 Å². The van der Waals surface area contributed by atoms with Crippen LogP contribution in [0.1, 0.15) is 41.3 Å². The van der Waals surface area contributed by atoms with Crippen LogP contribution in [0.4, 0.5) is 5.69 Å². The Morgan fingerprint density at radius 2 is 1.65 bits per heavy atom. The Labute approximate surface area is 181 Å². The lowest BCUT2D eigenvalue weighted by atomic mass is 9.94. The summed E-state index contributed by atoms with van der Waals surface area (Å²) in [5, 5.41) is 3.11.